The first-order valence-electron chi connectivity index (χ1n) is 11.6. The molecule has 1 unspecified atom stereocenters. The van der Waals surface area contributed by atoms with Gasteiger partial charge in [-0.05, 0) is 53.4 Å². The molecule has 0 bridgehead atoms. The predicted octanol–water partition coefficient (Wildman–Crippen LogP) is 7.15. The van der Waals surface area contributed by atoms with Gasteiger partial charge in [-0.25, -0.2) is 4.98 Å². The topological polar surface area (TPSA) is 80.3 Å². The molecule has 0 saturated carbocycles. The third-order valence-corrected chi connectivity index (χ3v) is 7.45. The van der Waals surface area contributed by atoms with Crippen LogP contribution >= 0.6 is 23.1 Å². The number of nitrogens with one attached hydrogen (secondary N) is 2. The molecule has 0 spiro atoms. The molecule has 1 heterocycles. The van der Waals surface area contributed by atoms with Crippen LogP contribution < -0.4 is 15.4 Å². The Kier molecular flexibility index (Phi) is 7.96. The van der Waals surface area contributed by atoms with Crippen LogP contribution in [0.1, 0.15) is 38.0 Å². The van der Waals surface area contributed by atoms with E-state index in [9.17, 15) is 9.59 Å². The van der Waals surface area contributed by atoms with Gasteiger partial charge >= 0.3 is 0 Å². The molecule has 0 fully saturated rings. The van der Waals surface area contributed by atoms with Crippen LogP contribution in [0.5, 0.6) is 5.75 Å². The monoisotopic (exact) mass is 519 g/mol. The van der Waals surface area contributed by atoms with Crippen molar-refractivity contribution in [3.8, 4) is 5.75 Å². The second-order valence-corrected chi connectivity index (χ2v) is 11.8. The fourth-order valence-corrected chi connectivity index (χ4v) is 5.52. The average Bonchev–Trinajstić information content (AvgIpc) is 3.24. The summed E-state index contributed by atoms with van der Waals surface area (Å²) < 4.78 is 6.23. The number of ether oxygens (including phenoxy) is 1. The van der Waals surface area contributed by atoms with Crippen LogP contribution in [0.3, 0.4) is 0 Å². The number of thioether (sulfide) groups is 1. The van der Waals surface area contributed by atoms with Crippen molar-refractivity contribution in [1.82, 2.24) is 4.98 Å². The van der Waals surface area contributed by atoms with Gasteiger partial charge in [-0.15, -0.1) is 11.8 Å². The lowest BCUT2D eigenvalue weighted by molar-refractivity contribution is -0.118. The molecule has 1 atom stereocenters. The number of carbonyl (C=O) groups is 2. The lowest BCUT2D eigenvalue weighted by Gasteiger charge is -2.18. The van der Waals surface area contributed by atoms with E-state index < -0.39 is 5.25 Å². The predicted molar refractivity (Wildman–Crippen MR) is 149 cm³/mol. The molecule has 0 aliphatic carbocycles. The molecule has 2 N–H and O–H groups in total. The summed E-state index contributed by atoms with van der Waals surface area (Å²) in [6, 6.07) is 22.9. The van der Waals surface area contributed by atoms with E-state index in [4.69, 9.17) is 4.74 Å². The van der Waals surface area contributed by atoms with Gasteiger partial charge in [0.25, 0.3) is 0 Å². The SMILES string of the molecule is COc1ccc2nc(NC(=O)C(Sc3ccc(NC(=O)CC(C)(C)C)cc3)c3ccccc3)sc2c1. The van der Waals surface area contributed by atoms with Crippen LogP contribution in [0.15, 0.2) is 77.7 Å². The van der Waals surface area contributed by atoms with E-state index >= 15 is 0 Å². The number of hydrogen-bond acceptors (Lipinski definition) is 6. The summed E-state index contributed by atoms with van der Waals surface area (Å²) in [5, 5.41) is 6.01. The summed E-state index contributed by atoms with van der Waals surface area (Å²) in [4.78, 5) is 31.1. The van der Waals surface area contributed by atoms with Gasteiger partial charge in [0.2, 0.25) is 11.8 Å². The molecule has 3 aromatic carbocycles. The first-order chi connectivity index (χ1) is 17.2. The van der Waals surface area contributed by atoms with Crippen LogP contribution in [0, 0.1) is 5.41 Å². The van der Waals surface area contributed by atoms with E-state index in [1.54, 1.807) is 7.11 Å². The molecule has 4 aromatic rings. The summed E-state index contributed by atoms with van der Waals surface area (Å²) in [7, 11) is 1.62. The van der Waals surface area contributed by atoms with Gasteiger partial charge in [-0.3, -0.25) is 9.59 Å². The molecule has 1 aromatic heterocycles. The average molecular weight is 520 g/mol. The number of thiazole rings is 1. The zero-order valence-electron chi connectivity index (χ0n) is 20.7. The Balaban J connectivity index is 1.50. The highest BCUT2D eigenvalue weighted by Crippen LogP contribution is 2.38. The Labute approximate surface area is 219 Å². The van der Waals surface area contributed by atoms with Crippen LogP contribution in [-0.4, -0.2) is 23.9 Å². The molecule has 6 nitrogen and oxygen atoms in total. The molecule has 2 amide bonds. The van der Waals surface area contributed by atoms with Gasteiger partial charge in [-0.2, -0.15) is 0 Å². The Morgan fingerprint density at radius 1 is 1.00 bits per heavy atom. The quantitative estimate of drug-likeness (QED) is 0.242. The summed E-state index contributed by atoms with van der Waals surface area (Å²) >= 11 is 2.86. The number of rotatable bonds is 8. The molecule has 186 valence electrons. The minimum atomic E-state index is -0.478. The van der Waals surface area contributed by atoms with Crippen molar-refractivity contribution in [2.24, 2.45) is 5.41 Å². The first-order valence-corrected chi connectivity index (χ1v) is 13.3. The fourth-order valence-electron chi connectivity index (χ4n) is 3.60. The van der Waals surface area contributed by atoms with E-state index in [0.717, 1.165) is 32.1 Å². The van der Waals surface area contributed by atoms with E-state index in [-0.39, 0.29) is 17.2 Å². The minimum absolute atomic E-state index is 0.0158. The number of hydrogen-bond donors (Lipinski definition) is 2. The number of amides is 2. The maximum absolute atomic E-state index is 13.4. The van der Waals surface area contributed by atoms with Crippen molar-refractivity contribution in [3.05, 3.63) is 78.4 Å². The molecule has 0 saturated heterocycles. The molecule has 36 heavy (non-hydrogen) atoms. The Morgan fingerprint density at radius 2 is 1.72 bits per heavy atom. The molecule has 0 aliphatic rings. The summed E-state index contributed by atoms with van der Waals surface area (Å²) in [5.41, 5.74) is 2.36. The van der Waals surface area contributed by atoms with Crippen molar-refractivity contribution in [1.29, 1.82) is 0 Å². The molecule has 0 radical (unpaired) electrons. The van der Waals surface area contributed by atoms with Gasteiger partial charge < -0.3 is 15.4 Å². The van der Waals surface area contributed by atoms with Crippen molar-refractivity contribution in [2.75, 3.05) is 17.7 Å². The second kappa shape index (κ2) is 11.1. The van der Waals surface area contributed by atoms with E-state index in [1.807, 2.05) is 93.6 Å². The van der Waals surface area contributed by atoms with Gasteiger partial charge in [-0.1, -0.05) is 62.4 Å². The standard InChI is InChI=1S/C28H29N3O3S2/c1-28(2,3)17-24(32)29-19-10-13-21(14-11-19)35-25(18-8-6-5-7-9-18)26(33)31-27-30-22-15-12-20(34-4)16-23(22)36-27/h5-16,25H,17H2,1-4H3,(H,29,32)(H,30,31,33). The number of aromatic nitrogens is 1. The molecule has 0 aliphatic heterocycles. The largest absolute Gasteiger partial charge is 0.497 e. The molecule has 4 rings (SSSR count). The van der Waals surface area contributed by atoms with Gasteiger partial charge in [0.05, 0.1) is 17.3 Å². The summed E-state index contributed by atoms with van der Waals surface area (Å²) in [5.74, 6) is 0.581. The van der Waals surface area contributed by atoms with Crippen molar-refractivity contribution in [2.45, 2.75) is 37.3 Å². The van der Waals surface area contributed by atoms with E-state index in [2.05, 4.69) is 15.6 Å². The number of methoxy groups -OCH3 is 1. The summed E-state index contributed by atoms with van der Waals surface area (Å²) in [6.45, 7) is 6.10. The lowest BCUT2D eigenvalue weighted by atomic mass is 9.92. The van der Waals surface area contributed by atoms with Crippen molar-refractivity contribution in [3.63, 3.8) is 0 Å². The lowest BCUT2D eigenvalue weighted by Crippen LogP contribution is -2.19. The molecule has 8 heteroatoms. The summed E-state index contributed by atoms with van der Waals surface area (Å²) in [6.07, 6.45) is 0.443. The van der Waals surface area contributed by atoms with Gasteiger partial charge in [0, 0.05) is 17.0 Å². The van der Waals surface area contributed by atoms with Gasteiger partial charge in [0.1, 0.15) is 11.0 Å². The van der Waals surface area contributed by atoms with Crippen LogP contribution in [-0.2, 0) is 9.59 Å². The Hall–Kier alpha value is -3.36. The molecular formula is C28H29N3O3S2. The highest BCUT2D eigenvalue weighted by Gasteiger charge is 2.23. The van der Waals surface area contributed by atoms with Gasteiger partial charge in [0.15, 0.2) is 5.13 Å². The van der Waals surface area contributed by atoms with Crippen LogP contribution in [0.2, 0.25) is 0 Å². The number of benzene rings is 3. The molecular weight excluding hydrogens is 490 g/mol. The normalized spacial score (nSPS) is 12.2. The Morgan fingerprint density at radius 3 is 2.39 bits per heavy atom. The van der Waals surface area contributed by atoms with Crippen molar-refractivity contribution >= 4 is 55.9 Å². The highest BCUT2D eigenvalue weighted by atomic mass is 32.2. The number of fused-ring (bicyclic) bond motifs is 1. The number of nitrogens with zero attached hydrogens (tertiary/aromatic N) is 1. The number of carbonyl (C=O) groups excluding carboxylic acids is 2. The smallest absolute Gasteiger partial charge is 0.244 e. The van der Waals surface area contributed by atoms with E-state index in [1.165, 1.54) is 23.1 Å². The first kappa shape index (κ1) is 25.7. The maximum atomic E-state index is 13.4. The highest BCUT2D eigenvalue weighted by molar-refractivity contribution is 8.00. The van der Waals surface area contributed by atoms with Crippen molar-refractivity contribution < 1.29 is 14.3 Å². The third kappa shape index (κ3) is 6.86. The maximum Gasteiger partial charge on any atom is 0.244 e. The minimum Gasteiger partial charge on any atom is -0.497 e. The van der Waals surface area contributed by atoms with Crippen LogP contribution in [0.25, 0.3) is 10.2 Å². The van der Waals surface area contributed by atoms with E-state index in [0.29, 0.717) is 11.6 Å². The fraction of sp³-hybridized carbons (Fsp3) is 0.250. The zero-order valence-corrected chi connectivity index (χ0v) is 22.3. The zero-order chi connectivity index (χ0) is 25.7. The Bertz CT molecular complexity index is 1350. The second-order valence-electron chi connectivity index (χ2n) is 9.56. The number of anilines is 2. The third-order valence-electron chi connectivity index (χ3n) is 5.25. The van der Waals surface area contributed by atoms with Crippen LogP contribution in [0.4, 0.5) is 10.8 Å².